The third kappa shape index (κ3) is 8.42. The largest absolute Gasteiger partial charge is 0.459 e. The first-order valence-electron chi connectivity index (χ1n) is 16.7. The smallest absolute Gasteiger partial charge is 0.418 e. The van der Waals surface area contributed by atoms with Crippen molar-refractivity contribution in [2.24, 2.45) is 0 Å². The summed E-state index contributed by atoms with van der Waals surface area (Å²) in [7, 11) is 1.51. The molecule has 0 saturated carbocycles. The quantitative estimate of drug-likeness (QED) is 0.211. The Hall–Kier alpha value is -5.67. The number of rotatable bonds is 5. The molecule has 0 unspecified atom stereocenters. The second-order valence-corrected chi connectivity index (χ2v) is 14.8. The van der Waals surface area contributed by atoms with Crippen LogP contribution in [0.4, 0.5) is 25.8 Å². The van der Waals surface area contributed by atoms with Gasteiger partial charge >= 0.3 is 30.2 Å². The minimum absolute atomic E-state index is 0. The fourth-order valence-electron chi connectivity index (χ4n) is 6.60. The summed E-state index contributed by atoms with van der Waals surface area (Å²) in [5, 5.41) is 5.12. The van der Waals surface area contributed by atoms with Gasteiger partial charge in [0.15, 0.2) is 0 Å². The number of anilines is 2. The zero-order chi connectivity index (χ0) is 38.4. The van der Waals surface area contributed by atoms with E-state index in [-0.39, 0.29) is 27.3 Å². The molecule has 2 aliphatic heterocycles. The molecule has 2 atom stereocenters. The second kappa shape index (κ2) is 15.4. The van der Waals surface area contributed by atoms with Gasteiger partial charge in [-0.1, -0.05) is 27.0 Å². The van der Waals surface area contributed by atoms with E-state index in [9.17, 15) is 33.6 Å². The number of nitrogen functional groups attached to an aromatic ring is 1. The Kier molecular flexibility index (Phi) is 12.2. The van der Waals surface area contributed by atoms with Gasteiger partial charge in [-0.15, -0.1) is 0 Å². The first-order valence-corrected chi connectivity index (χ1v) is 16.7. The van der Waals surface area contributed by atoms with Crippen LogP contribution in [-0.2, 0) is 62.2 Å². The molecule has 6 rings (SSSR count). The lowest BCUT2D eigenvalue weighted by Gasteiger charge is -2.22. The number of nitrogens with two attached hydrogens (primary N) is 1. The number of hydrogen-bond donors (Lipinski definition) is 3. The Morgan fingerprint density at radius 1 is 0.741 bits per heavy atom. The maximum absolute atomic E-state index is 13.0. The molecule has 6 amide bonds. The van der Waals surface area contributed by atoms with Gasteiger partial charge in [-0.05, 0) is 89.8 Å². The highest BCUT2D eigenvalue weighted by atomic mass is 16.6. The number of urea groups is 1. The van der Waals surface area contributed by atoms with Crippen molar-refractivity contribution in [1.82, 2.24) is 15.1 Å². The monoisotopic (exact) mass is 753 g/mol. The van der Waals surface area contributed by atoms with Crippen LogP contribution in [0.3, 0.4) is 0 Å². The van der Waals surface area contributed by atoms with Gasteiger partial charge in [-0.25, -0.2) is 24.2 Å². The molecule has 294 valence electrons. The van der Waals surface area contributed by atoms with E-state index >= 15 is 0 Å². The van der Waals surface area contributed by atoms with Gasteiger partial charge in [0.1, 0.15) is 24.3 Å². The number of ether oxygens (including phenoxy) is 4. The zero-order valence-corrected chi connectivity index (χ0v) is 30.2. The lowest BCUT2D eigenvalue weighted by atomic mass is 9.94. The fraction of sp³-hybridized carbons (Fsp3) is 0.500. The average Bonchev–Trinajstić information content (AvgIpc) is 3.71. The predicted octanol–water partition coefficient (Wildman–Crippen LogP) is 4.90. The third-order valence-corrected chi connectivity index (χ3v) is 8.64. The van der Waals surface area contributed by atoms with Crippen molar-refractivity contribution in [2.45, 2.75) is 104 Å². The Balaban J connectivity index is 0.000000283. The van der Waals surface area contributed by atoms with Crippen molar-refractivity contribution in [3.63, 3.8) is 0 Å². The number of carbonyl (C=O) groups excluding carboxylic acids is 7. The molecule has 2 fully saturated rings. The van der Waals surface area contributed by atoms with Crippen molar-refractivity contribution in [1.29, 1.82) is 0 Å². The van der Waals surface area contributed by atoms with Gasteiger partial charge in [0.25, 0.3) is 11.8 Å². The van der Waals surface area contributed by atoms with Gasteiger partial charge in [0, 0.05) is 42.4 Å². The standard InChI is InChI=1S/C19H23N3O6.C17H20N2O5.2CH4/c1-18(2,3)27-14(23)10-22-15(24)19(28-17(22)26)8-7-11-9-12(5-6-13(11)19)21-16(25)20-4;1-16(2,3)23-13(20)9-19-14(21)17(24-15(19)22)7-6-10-8-11(18)4-5-12(10)17;;/h5-6,9H,7-8,10H2,1-4H3,(H2,20,21,25);4-5,8H,6-7,9,18H2,1-3H3;2*1H4/t19-;17-;;/m11../s1. The third-order valence-electron chi connectivity index (χ3n) is 8.64. The number of esters is 2. The van der Waals surface area contributed by atoms with Crippen LogP contribution < -0.4 is 16.4 Å². The summed E-state index contributed by atoms with van der Waals surface area (Å²) in [6, 6.07) is 9.84. The van der Waals surface area contributed by atoms with E-state index in [1.165, 1.54) is 7.05 Å². The minimum atomic E-state index is -1.43. The molecule has 2 spiro atoms. The molecule has 0 radical (unpaired) electrons. The lowest BCUT2D eigenvalue weighted by Crippen LogP contribution is -2.41. The molecule has 2 aromatic carbocycles. The van der Waals surface area contributed by atoms with Crippen LogP contribution in [0.15, 0.2) is 36.4 Å². The first-order chi connectivity index (χ1) is 24.2. The van der Waals surface area contributed by atoms with E-state index in [4.69, 9.17) is 24.7 Å². The van der Waals surface area contributed by atoms with Crippen LogP contribution in [-0.4, -0.2) is 83.1 Å². The average molecular weight is 754 g/mol. The summed E-state index contributed by atoms with van der Waals surface area (Å²) in [5.41, 5.74) is 5.62. The molecule has 4 aliphatic rings. The number of hydrogen-bond acceptors (Lipinski definition) is 12. The number of benzene rings is 2. The molecule has 2 aromatic rings. The van der Waals surface area contributed by atoms with Crippen molar-refractivity contribution >= 4 is 53.3 Å². The highest BCUT2D eigenvalue weighted by Gasteiger charge is 2.59. The molecule has 0 bridgehead atoms. The molecule has 16 heteroatoms. The van der Waals surface area contributed by atoms with Crippen molar-refractivity contribution in [3.05, 3.63) is 58.7 Å². The molecule has 4 N–H and O–H groups in total. The molecule has 54 heavy (non-hydrogen) atoms. The predicted molar refractivity (Wildman–Crippen MR) is 197 cm³/mol. The van der Waals surface area contributed by atoms with Gasteiger partial charge < -0.3 is 35.3 Å². The maximum atomic E-state index is 13.0. The maximum Gasteiger partial charge on any atom is 0.418 e. The summed E-state index contributed by atoms with van der Waals surface area (Å²) < 4.78 is 21.3. The van der Waals surface area contributed by atoms with Crippen molar-refractivity contribution < 1.29 is 52.5 Å². The molecular weight excluding hydrogens is 702 g/mol. The van der Waals surface area contributed by atoms with E-state index in [1.807, 2.05) is 0 Å². The van der Waals surface area contributed by atoms with Gasteiger partial charge in [-0.3, -0.25) is 19.2 Å². The number of imide groups is 2. The molecule has 2 aliphatic carbocycles. The highest BCUT2D eigenvalue weighted by molar-refractivity contribution is 6.07. The molecule has 2 saturated heterocycles. The Morgan fingerprint density at radius 3 is 1.59 bits per heavy atom. The van der Waals surface area contributed by atoms with E-state index in [0.29, 0.717) is 41.8 Å². The van der Waals surface area contributed by atoms with E-state index in [2.05, 4.69) is 10.6 Å². The summed E-state index contributed by atoms with van der Waals surface area (Å²) in [4.78, 5) is 87.4. The second-order valence-electron chi connectivity index (χ2n) is 14.8. The summed E-state index contributed by atoms with van der Waals surface area (Å²) in [6.07, 6.45) is 0.0201. The van der Waals surface area contributed by atoms with Crippen molar-refractivity contribution in [3.8, 4) is 0 Å². The minimum Gasteiger partial charge on any atom is -0.459 e. The topological polar surface area (TPSA) is 213 Å². The van der Waals surface area contributed by atoms with Crippen LogP contribution in [0.2, 0.25) is 0 Å². The van der Waals surface area contributed by atoms with Crippen LogP contribution in [0.25, 0.3) is 0 Å². The van der Waals surface area contributed by atoms with E-state index < -0.39 is 71.4 Å². The zero-order valence-electron chi connectivity index (χ0n) is 30.2. The number of aryl methyl sites for hydroxylation is 2. The number of amides is 6. The SMILES string of the molecule is C.C.CC(C)(C)OC(=O)CN1C(=O)O[C@@]2(CCc3cc(N)ccc32)C1=O.CNC(=O)Nc1ccc2c(c1)CC[C@@]21OC(=O)N(CC(=O)OC(C)(C)C)C1=O. The van der Waals surface area contributed by atoms with Crippen LogP contribution in [0, 0.1) is 0 Å². The Morgan fingerprint density at radius 2 is 1.17 bits per heavy atom. The van der Waals surface area contributed by atoms with Crippen LogP contribution in [0.5, 0.6) is 0 Å². The van der Waals surface area contributed by atoms with E-state index in [1.54, 1.807) is 77.9 Å². The number of fused-ring (bicyclic) bond motifs is 4. The normalized spacial score (nSPS) is 20.9. The number of nitrogens with zero attached hydrogens (tertiary/aromatic N) is 2. The Bertz CT molecular complexity index is 1860. The fourth-order valence-corrected chi connectivity index (χ4v) is 6.60. The first kappa shape index (κ1) is 42.7. The van der Waals surface area contributed by atoms with Gasteiger partial charge in [0.05, 0.1) is 0 Å². The molecule has 0 aromatic heterocycles. The summed E-state index contributed by atoms with van der Waals surface area (Å²) in [6.45, 7) is 9.30. The van der Waals surface area contributed by atoms with E-state index in [0.717, 1.165) is 20.9 Å². The molecular formula is C38H51N5O11. The molecule has 2 heterocycles. The van der Waals surface area contributed by atoms with Crippen LogP contribution >= 0.6 is 0 Å². The van der Waals surface area contributed by atoms with Gasteiger partial charge in [-0.2, -0.15) is 0 Å². The van der Waals surface area contributed by atoms with Gasteiger partial charge in [0.2, 0.25) is 11.2 Å². The summed E-state index contributed by atoms with van der Waals surface area (Å²) in [5.74, 6) is -2.44. The van der Waals surface area contributed by atoms with Crippen LogP contribution in [0.1, 0.15) is 91.5 Å². The number of nitrogens with one attached hydrogen (secondary N) is 2. The summed E-state index contributed by atoms with van der Waals surface area (Å²) >= 11 is 0. The highest BCUT2D eigenvalue weighted by Crippen LogP contribution is 2.47. The lowest BCUT2D eigenvalue weighted by molar-refractivity contribution is -0.158. The Labute approximate surface area is 315 Å². The number of carbonyl (C=O) groups is 7. The molecule has 16 nitrogen and oxygen atoms in total. The van der Waals surface area contributed by atoms with Crippen molar-refractivity contribution in [2.75, 3.05) is 31.2 Å².